The summed E-state index contributed by atoms with van der Waals surface area (Å²) in [7, 11) is 0. The smallest absolute Gasteiger partial charge is 0.248 e. The zero-order chi connectivity index (χ0) is 31.5. The molecule has 4 atom stereocenters. The van der Waals surface area contributed by atoms with E-state index in [-0.39, 0.29) is 52.4 Å². The first-order valence-electron chi connectivity index (χ1n) is 14.2. The second-order valence-corrected chi connectivity index (χ2v) is 12.7. The fourth-order valence-electron chi connectivity index (χ4n) is 6.17. The van der Waals surface area contributed by atoms with Crippen molar-refractivity contribution in [1.82, 2.24) is 29.6 Å². The second-order valence-electron chi connectivity index (χ2n) is 11.9. The third-order valence-electron chi connectivity index (χ3n) is 8.64. The van der Waals surface area contributed by atoms with Crippen LogP contribution in [0.3, 0.4) is 0 Å². The van der Waals surface area contributed by atoms with Crippen LogP contribution in [-0.2, 0) is 16.1 Å². The van der Waals surface area contributed by atoms with Crippen LogP contribution < -0.4 is 5.32 Å². The van der Waals surface area contributed by atoms with Crippen LogP contribution >= 0.6 is 15.9 Å². The van der Waals surface area contributed by atoms with Crippen molar-refractivity contribution in [2.45, 2.75) is 65.3 Å². The van der Waals surface area contributed by atoms with Crippen LogP contribution in [0.15, 0.2) is 41.3 Å². The number of benzene rings is 1. The van der Waals surface area contributed by atoms with Crippen LogP contribution in [0.1, 0.15) is 60.2 Å². The van der Waals surface area contributed by atoms with E-state index in [9.17, 15) is 23.9 Å². The molecule has 2 amide bonds. The summed E-state index contributed by atoms with van der Waals surface area (Å²) in [6, 6.07) is 6.07. The summed E-state index contributed by atoms with van der Waals surface area (Å²) in [5, 5.41) is 18.5. The average Bonchev–Trinajstić information content (AvgIpc) is 3.35. The Labute approximate surface area is 261 Å². The van der Waals surface area contributed by atoms with Gasteiger partial charge in [-0.3, -0.25) is 19.1 Å². The third-order valence-corrected chi connectivity index (χ3v) is 9.08. The van der Waals surface area contributed by atoms with E-state index in [1.165, 1.54) is 11.6 Å². The maximum Gasteiger partial charge on any atom is 0.248 e. The topological polar surface area (TPSA) is 143 Å². The number of anilines is 1. The number of aryl methyl sites for hydroxylation is 2. The largest absolute Gasteiger partial charge is 0.386 e. The molecule has 1 unspecified atom stereocenters. The number of hydrogen-bond donors (Lipinski definition) is 2. The van der Waals surface area contributed by atoms with E-state index < -0.39 is 18.8 Å². The van der Waals surface area contributed by atoms with Gasteiger partial charge in [0.05, 0.1) is 5.52 Å². The SMILES string of the molecule is CC(=O)c1nn(CC(=O)N2[C@H](C(=O)Nc3nc(Br)ccc3C)C[C@@]3(C)C[C@@H]23)c2c(C(O)CF)cc(-c3cnc(C)nc3)cc12. The zero-order valence-electron chi connectivity index (χ0n) is 24.6. The second kappa shape index (κ2) is 11.1. The third kappa shape index (κ3) is 5.28. The quantitative estimate of drug-likeness (QED) is 0.207. The van der Waals surface area contributed by atoms with E-state index in [2.05, 4.69) is 48.2 Å². The minimum Gasteiger partial charge on any atom is -0.386 e. The molecule has 1 saturated heterocycles. The van der Waals surface area contributed by atoms with Gasteiger partial charge in [-0.1, -0.05) is 13.0 Å². The van der Waals surface area contributed by atoms with Gasteiger partial charge in [-0.2, -0.15) is 5.10 Å². The molecule has 2 fully saturated rings. The van der Waals surface area contributed by atoms with E-state index in [0.717, 1.165) is 12.0 Å². The maximum absolute atomic E-state index is 14.0. The molecule has 2 N–H and O–H groups in total. The van der Waals surface area contributed by atoms with Crippen molar-refractivity contribution in [3.63, 3.8) is 0 Å². The van der Waals surface area contributed by atoms with Gasteiger partial charge in [0.1, 0.15) is 47.3 Å². The van der Waals surface area contributed by atoms with Gasteiger partial charge in [0.2, 0.25) is 11.8 Å². The number of rotatable bonds is 8. The zero-order valence-corrected chi connectivity index (χ0v) is 26.2. The number of carbonyl (C=O) groups excluding carboxylic acids is 3. The molecule has 1 aliphatic carbocycles. The number of Topliss-reactive ketones (excluding diaryl/α,β-unsaturated/α-hetero) is 1. The normalized spacial score (nSPS) is 21.3. The predicted molar refractivity (Wildman–Crippen MR) is 164 cm³/mol. The lowest BCUT2D eigenvalue weighted by molar-refractivity contribution is -0.138. The van der Waals surface area contributed by atoms with Crippen molar-refractivity contribution in [3.05, 3.63) is 63.9 Å². The summed E-state index contributed by atoms with van der Waals surface area (Å²) in [5.41, 5.74) is 2.30. The molecule has 0 radical (unpaired) electrons. The molecule has 1 saturated carbocycles. The first-order valence-corrected chi connectivity index (χ1v) is 15.0. The molecular formula is C31H31BrFN7O4. The van der Waals surface area contributed by atoms with Gasteiger partial charge in [0.25, 0.3) is 0 Å². The standard InChI is InChI=1S/C31H31BrFN7O4/c1-15-5-6-25(32)36-29(15)37-30(44)22-9-31(4)10-24(31)40(22)26(43)14-39-28-20(23(42)11-33)7-18(19-12-34-17(3)35-13-19)8-21(28)27(38-39)16(2)41/h5-8,12-13,22-24,42H,9-11,14H2,1-4H3,(H,36,37,44)/t22-,23?,24+,31-/m0/s1. The lowest BCUT2D eigenvalue weighted by atomic mass is 9.97. The molecule has 4 heterocycles. The monoisotopic (exact) mass is 663 g/mol. The fraction of sp³-hybridized carbons (Fsp3) is 0.387. The number of aromatic nitrogens is 5. The molecule has 2 aliphatic rings. The van der Waals surface area contributed by atoms with E-state index in [1.807, 2.05) is 13.0 Å². The van der Waals surface area contributed by atoms with Gasteiger partial charge < -0.3 is 15.3 Å². The number of ketones is 1. The molecule has 228 valence electrons. The number of nitrogens with one attached hydrogen (secondary N) is 1. The molecular weight excluding hydrogens is 633 g/mol. The van der Waals surface area contributed by atoms with Gasteiger partial charge in [0, 0.05) is 41.9 Å². The van der Waals surface area contributed by atoms with Crippen LogP contribution in [0.2, 0.25) is 0 Å². The number of aliphatic hydroxyl groups is 1. The van der Waals surface area contributed by atoms with Crippen LogP contribution in [0.25, 0.3) is 22.0 Å². The highest BCUT2D eigenvalue weighted by Crippen LogP contribution is 2.59. The summed E-state index contributed by atoms with van der Waals surface area (Å²) < 4.78 is 15.9. The highest BCUT2D eigenvalue weighted by molar-refractivity contribution is 9.10. The van der Waals surface area contributed by atoms with Crippen LogP contribution in [0, 0.1) is 19.3 Å². The Hall–Kier alpha value is -4.10. The first-order chi connectivity index (χ1) is 20.9. The molecule has 3 aromatic heterocycles. The summed E-state index contributed by atoms with van der Waals surface area (Å²) in [5.74, 6) is -0.0888. The number of aliphatic hydroxyl groups excluding tert-OH is 1. The minimum absolute atomic E-state index is 0.0816. The number of piperidine rings is 1. The van der Waals surface area contributed by atoms with Gasteiger partial charge in [0.15, 0.2) is 5.78 Å². The predicted octanol–water partition coefficient (Wildman–Crippen LogP) is 4.49. The number of alkyl halides is 1. The molecule has 11 nitrogen and oxygen atoms in total. The van der Waals surface area contributed by atoms with E-state index in [0.29, 0.717) is 39.2 Å². The number of pyridine rings is 1. The number of hydrogen-bond acceptors (Lipinski definition) is 8. The summed E-state index contributed by atoms with van der Waals surface area (Å²) >= 11 is 3.33. The molecule has 0 spiro atoms. The van der Waals surface area contributed by atoms with Gasteiger partial charge in [-0.05, 0) is 77.4 Å². The number of carbonyl (C=O) groups is 3. The molecule has 4 aromatic rings. The Bertz CT molecular complexity index is 1830. The summed E-state index contributed by atoms with van der Waals surface area (Å²) in [6.07, 6.45) is 2.93. The van der Waals surface area contributed by atoms with Crippen molar-refractivity contribution >= 4 is 50.2 Å². The Kier molecular flexibility index (Phi) is 7.57. The van der Waals surface area contributed by atoms with Crippen molar-refractivity contribution < 1.29 is 23.9 Å². The Morgan fingerprint density at radius 2 is 1.89 bits per heavy atom. The first kappa shape index (κ1) is 29.9. The molecule has 1 aliphatic heterocycles. The molecule has 6 rings (SSSR count). The van der Waals surface area contributed by atoms with Gasteiger partial charge in [-0.25, -0.2) is 19.3 Å². The van der Waals surface area contributed by atoms with Crippen molar-refractivity contribution in [2.24, 2.45) is 5.41 Å². The highest BCUT2D eigenvalue weighted by atomic mass is 79.9. The van der Waals surface area contributed by atoms with Crippen LogP contribution in [0.5, 0.6) is 0 Å². The van der Waals surface area contributed by atoms with E-state index in [4.69, 9.17) is 0 Å². The lowest BCUT2D eigenvalue weighted by Crippen LogP contribution is -2.47. The molecule has 44 heavy (non-hydrogen) atoms. The molecule has 13 heteroatoms. The summed E-state index contributed by atoms with van der Waals surface area (Å²) in [4.78, 5) is 54.7. The summed E-state index contributed by atoms with van der Waals surface area (Å²) in [6.45, 7) is 5.59. The Morgan fingerprint density at radius 3 is 2.57 bits per heavy atom. The molecule has 1 aromatic carbocycles. The molecule has 0 bridgehead atoms. The maximum atomic E-state index is 14.0. The van der Waals surface area contributed by atoms with E-state index >= 15 is 0 Å². The van der Waals surface area contributed by atoms with Crippen molar-refractivity contribution in [3.8, 4) is 11.1 Å². The van der Waals surface area contributed by atoms with Crippen LogP contribution in [-0.4, -0.2) is 71.1 Å². The van der Waals surface area contributed by atoms with E-state index in [1.54, 1.807) is 42.4 Å². The lowest BCUT2D eigenvalue weighted by Gasteiger charge is -2.27. The van der Waals surface area contributed by atoms with Gasteiger partial charge >= 0.3 is 0 Å². The van der Waals surface area contributed by atoms with Gasteiger partial charge in [-0.15, -0.1) is 0 Å². The number of halogens is 2. The number of fused-ring (bicyclic) bond motifs is 2. The van der Waals surface area contributed by atoms with Crippen molar-refractivity contribution in [2.75, 3.05) is 12.0 Å². The fourth-order valence-corrected chi connectivity index (χ4v) is 6.48. The van der Waals surface area contributed by atoms with Crippen molar-refractivity contribution in [1.29, 1.82) is 0 Å². The Balaban J connectivity index is 1.37. The minimum atomic E-state index is -1.54. The average molecular weight is 665 g/mol. The highest BCUT2D eigenvalue weighted by Gasteiger charge is 2.64. The number of nitrogens with zero attached hydrogens (tertiary/aromatic N) is 6. The number of likely N-dealkylation sites (tertiary alicyclic amines) is 1. The van der Waals surface area contributed by atoms with Crippen LogP contribution in [0.4, 0.5) is 10.2 Å². The Morgan fingerprint density at radius 1 is 1.16 bits per heavy atom. The number of amides is 2.